The zero-order valence-corrected chi connectivity index (χ0v) is 20.4. The van der Waals surface area contributed by atoms with Gasteiger partial charge in [-0.1, -0.05) is 5.21 Å². The van der Waals surface area contributed by atoms with Crippen molar-refractivity contribution in [2.45, 2.75) is 20.4 Å². The van der Waals surface area contributed by atoms with Crippen LogP contribution < -0.4 is 19.5 Å². The first-order chi connectivity index (χ1) is 16.4. The molecule has 0 aliphatic carbocycles. The largest absolute Gasteiger partial charge is 0.497 e. The van der Waals surface area contributed by atoms with Crippen molar-refractivity contribution in [3.05, 3.63) is 64.3 Å². The maximum atomic E-state index is 12.9. The number of aromatic nitrogens is 4. The highest BCUT2D eigenvalue weighted by Crippen LogP contribution is 2.30. The SMILES string of the molecule is COc1ccc(-n2nnc(-c3nc(C)c(C(=O)NCc4cc(OC)ccc4OC)s3)c2C)cc1. The number of nitrogens with zero attached hydrogens (tertiary/aromatic N) is 4. The van der Waals surface area contributed by atoms with Gasteiger partial charge in [-0.2, -0.15) is 0 Å². The van der Waals surface area contributed by atoms with E-state index in [4.69, 9.17) is 14.2 Å². The molecule has 176 valence electrons. The minimum atomic E-state index is -0.216. The molecule has 0 unspecified atom stereocenters. The monoisotopic (exact) mass is 479 g/mol. The average Bonchev–Trinajstić information content (AvgIpc) is 3.44. The van der Waals surface area contributed by atoms with Crippen molar-refractivity contribution < 1.29 is 19.0 Å². The normalized spacial score (nSPS) is 10.7. The number of benzene rings is 2. The van der Waals surface area contributed by atoms with Crippen LogP contribution in [0.5, 0.6) is 17.2 Å². The highest BCUT2D eigenvalue weighted by Gasteiger charge is 2.21. The molecule has 0 aliphatic heterocycles. The number of carbonyl (C=O) groups excluding carboxylic acids is 1. The predicted molar refractivity (Wildman–Crippen MR) is 129 cm³/mol. The lowest BCUT2D eigenvalue weighted by Crippen LogP contribution is -2.22. The van der Waals surface area contributed by atoms with Gasteiger partial charge in [0.2, 0.25) is 0 Å². The third-order valence-electron chi connectivity index (χ3n) is 5.34. The number of rotatable bonds is 8. The zero-order valence-electron chi connectivity index (χ0n) is 19.6. The van der Waals surface area contributed by atoms with Gasteiger partial charge in [0.25, 0.3) is 5.91 Å². The van der Waals surface area contributed by atoms with E-state index in [1.165, 1.54) is 11.3 Å². The number of ether oxygens (including phenoxy) is 3. The number of thiazole rings is 1. The van der Waals surface area contributed by atoms with Crippen molar-refractivity contribution in [3.63, 3.8) is 0 Å². The van der Waals surface area contributed by atoms with Gasteiger partial charge in [0.05, 0.1) is 38.4 Å². The van der Waals surface area contributed by atoms with Crippen LogP contribution in [0.2, 0.25) is 0 Å². The Hall–Kier alpha value is -3.92. The number of nitrogens with one attached hydrogen (secondary N) is 1. The Morgan fingerprint density at radius 1 is 1.00 bits per heavy atom. The Kier molecular flexibility index (Phi) is 6.78. The quantitative estimate of drug-likeness (QED) is 0.408. The van der Waals surface area contributed by atoms with Gasteiger partial charge in [-0.25, -0.2) is 9.67 Å². The molecular formula is C24H25N5O4S. The molecule has 0 saturated heterocycles. The first-order valence-corrected chi connectivity index (χ1v) is 11.3. The van der Waals surface area contributed by atoms with E-state index in [1.807, 2.05) is 56.3 Å². The van der Waals surface area contributed by atoms with Crippen LogP contribution in [0.1, 0.15) is 26.6 Å². The molecule has 34 heavy (non-hydrogen) atoms. The molecule has 2 heterocycles. The van der Waals surface area contributed by atoms with Crippen molar-refractivity contribution in [1.82, 2.24) is 25.3 Å². The van der Waals surface area contributed by atoms with Crippen molar-refractivity contribution in [1.29, 1.82) is 0 Å². The second-order valence-electron chi connectivity index (χ2n) is 7.43. The van der Waals surface area contributed by atoms with Crippen LogP contribution in [-0.2, 0) is 6.54 Å². The molecule has 0 atom stereocenters. The van der Waals surface area contributed by atoms with Crippen molar-refractivity contribution in [2.75, 3.05) is 21.3 Å². The molecule has 4 aromatic rings. The lowest BCUT2D eigenvalue weighted by molar-refractivity contribution is 0.0954. The minimum absolute atomic E-state index is 0.216. The summed E-state index contributed by atoms with van der Waals surface area (Å²) in [6, 6.07) is 13.0. The fraction of sp³-hybridized carbons (Fsp3) is 0.250. The molecule has 2 aromatic heterocycles. The molecule has 4 rings (SSSR count). The third kappa shape index (κ3) is 4.58. The first-order valence-electron chi connectivity index (χ1n) is 10.5. The summed E-state index contributed by atoms with van der Waals surface area (Å²) >= 11 is 1.29. The molecule has 1 N–H and O–H groups in total. The maximum Gasteiger partial charge on any atom is 0.263 e. The van der Waals surface area contributed by atoms with Crippen LogP contribution in [0.25, 0.3) is 16.4 Å². The van der Waals surface area contributed by atoms with Crippen molar-refractivity contribution >= 4 is 17.2 Å². The van der Waals surface area contributed by atoms with E-state index in [2.05, 4.69) is 20.6 Å². The molecule has 0 saturated carbocycles. The van der Waals surface area contributed by atoms with Gasteiger partial charge in [-0.05, 0) is 56.3 Å². The van der Waals surface area contributed by atoms with Crippen LogP contribution in [0.3, 0.4) is 0 Å². The van der Waals surface area contributed by atoms with Gasteiger partial charge in [-0.3, -0.25) is 4.79 Å². The average molecular weight is 480 g/mol. The second kappa shape index (κ2) is 9.92. The summed E-state index contributed by atoms with van der Waals surface area (Å²) in [6.45, 7) is 4.02. The molecule has 0 bridgehead atoms. The Balaban J connectivity index is 1.54. The molecular weight excluding hydrogens is 454 g/mol. The fourth-order valence-electron chi connectivity index (χ4n) is 3.48. The van der Waals surface area contributed by atoms with E-state index in [0.717, 1.165) is 22.7 Å². The highest BCUT2D eigenvalue weighted by molar-refractivity contribution is 7.17. The van der Waals surface area contributed by atoms with E-state index in [0.29, 0.717) is 39.3 Å². The topological polar surface area (TPSA) is 100 Å². The zero-order chi connectivity index (χ0) is 24.2. The molecule has 0 radical (unpaired) electrons. The number of methoxy groups -OCH3 is 3. The number of hydrogen-bond acceptors (Lipinski definition) is 8. The summed E-state index contributed by atoms with van der Waals surface area (Å²) in [6.07, 6.45) is 0. The van der Waals surface area contributed by atoms with Gasteiger partial charge in [0.1, 0.15) is 32.8 Å². The molecule has 0 spiro atoms. The van der Waals surface area contributed by atoms with Crippen LogP contribution in [0, 0.1) is 13.8 Å². The molecule has 0 fully saturated rings. The van der Waals surface area contributed by atoms with Gasteiger partial charge in [-0.15, -0.1) is 16.4 Å². The number of amides is 1. The predicted octanol–water partition coefficient (Wildman–Crippen LogP) is 3.96. The van der Waals surface area contributed by atoms with E-state index >= 15 is 0 Å². The molecule has 2 aromatic carbocycles. The van der Waals surface area contributed by atoms with Gasteiger partial charge in [0.15, 0.2) is 0 Å². The summed E-state index contributed by atoms with van der Waals surface area (Å²) in [5.74, 6) is 1.91. The summed E-state index contributed by atoms with van der Waals surface area (Å²) in [4.78, 5) is 18.1. The Morgan fingerprint density at radius 3 is 2.38 bits per heavy atom. The van der Waals surface area contributed by atoms with Gasteiger partial charge >= 0.3 is 0 Å². The molecule has 1 amide bonds. The van der Waals surface area contributed by atoms with E-state index < -0.39 is 0 Å². The van der Waals surface area contributed by atoms with E-state index in [-0.39, 0.29) is 5.91 Å². The van der Waals surface area contributed by atoms with Crippen molar-refractivity contribution in [2.24, 2.45) is 0 Å². The Labute approximate surface area is 201 Å². The van der Waals surface area contributed by atoms with Crippen LogP contribution >= 0.6 is 11.3 Å². The summed E-state index contributed by atoms with van der Waals surface area (Å²) < 4.78 is 17.6. The lowest BCUT2D eigenvalue weighted by atomic mass is 10.2. The van der Waals surface area contributed by atoms with Gasteiger partial charge < -0.3 is 19.5 Å². The van der Waals surface area contributed by atoms with Crippen LogP contribution in [0.4, 0.5) is 0 Å². The molecule has 9 nitrogen and oxygen atoms in total. The number of hydrogen-bond donors (Lipinski definition) is 1. The lowest BCUT2D eigenvalue weighted by Gasteiger charge is -2.11. The summed E-state index contributed by atoms with van der Waals surface area (Å²) in [7, 11) is 4.81. The fourth-order valence-corrected chi connectivity index (χ4v) is 4.50. The summed E-state index contributed by atoms with van der Waals surface area (Å²) in [5.41, 5.74) is 3.77. The second-order valence-corrected chi connectivity index (χ2v) is 8.43. The number of carbonyl (C=O) groups is 1. The van der Waals surface area contributed by atoms with Crippen molar-refractivity contribution in [3.8, 4) is 33.6 Å². The van der Waals surface area contributed by atoms with E-state index in [9.17, 15) is 4.79 Å². The minimum Gasteiger partial charge on any atom is -0.497 e. The van der Waals surface area contributed by atoms with Crippen LogP contribution in [0.15, 0.2) is 42.5 Å². The smallest absolute Gasteiger partial charge is 0.263 e. The van der Waals surface area contributed by atoms with E-state index in [1.54, 1.807) is 26.0 Å². The highest BCUT2D eigenvalue weighted by atomic mass is 32.1. The standard InChI is InChI=1S/C24H25N5O4S/c1-14-22(23(30)25-13-16-12-19(32-4)10-11-20(16)33-5)34-24(26-14)21-15(2)29(28-27-21)17-6-8-18(31-3)9-7-17/h6-12H,13H2,1-5H3,(H,25,30). The Morgan fingerprint density at radius 2 is 1.71 bits per heavy atom. The Bertz CT molecular complexity index is 1310. The third-order valence-corrected chi connectivity index (χ3v) is 6.51. The molecule has 0 aliphatic rings. The number of aryl methyl sites for hydroxylation is 1. The molecule has 10 heteroatoms. The van der Waals surface area contributed by atoms with Gasteiger partial charge in [0, 0.05) is 12.1 Å². The first kappa shape index (κ1) is 23.2. The maximum absolute atomic E-state index is 12.9. The summed E-state index contributed by atoms with van der Waals surface area (Å²) in [5, 5.41) is 12.2. The van der Waals surface area contributed by atoms with Crippen LogP contribution in [-0.4, -0.2) is 47.2 Å².